The molecule has 0 spiro atoms. The highest BCUT2D eigenvalue weighted by molar-refractivity contribution is 5.94. The second-order valence-corrected chi connectivity index (χ2v) is 1.31. The van der Waals surface area contributed by atoms with Crippen LogP contribution in [0.5, 0.6) is 0 Å². The van der Waals surface area contributed by atoms with Crippen LogP contribution in [0.15, 0.2) is 0 Å². The zero-order valence-corrected chi connectivity index (χ0v) is 5.93. The third kappa shape index (κ3) is 50.0. The average molecular weight is 132 g/mol. The van der Waals surface area contributed by atoms with Gasteiger partial charge in [0.2, 0.25) is 0 Å². The molecular weight excluding hydrogens is 124 g/mol. The van der Waals surface area contributed by atoms with Gasteiger partial charge in [-0.15, -0.1) is 0 Å². The normalized spacial score (nSPS) is 5.75. The largest absolute Gasteiger partial charge is 0.549 e. The van der Waals surface area contributed by atoms with Gasteiger partial charge in [0, 0.05) is 6.42 Å². The van der Waals surface area contributed by atoms with Crippen molar-refractivity contribution in [3.63, 3.8) is 0 Å². The molecule has 0 aliphatic rings. The Morgan fingerprint density at radius 2 is 1.62 bits per heavy atom. The molecule has 0 rings (SSSR count). The highest BCUT2D eigenvalue weighted by Gasteiger charge is 1.76. The van der Waals surface area contributed by atoms with E-state index in [2.05, 4.69) is 0 Å². The van der Waals surface area contributed by atoms with E-state index >= 15 is 0 Å². The van der Waals surface area contributed by atoms with E-state index in [1.165, 1.54) is 0 Å². The van der Waals surface area contributed by atoms with E-state index in [1.807, 2.05) is 6.92 Å². The van der Waals surface area contributed by atoms with Gasteiger partial charge in [0.25, 0.3) is 0 Å². The Balaban J connectivity index is 0. The minimum absolute atomic E-state index is 0.255. The third-order valence-corrected chi connectivity index (χ3v) is 0.498. The predicted octanol–water partition coefficient (Wildman–Crippen LogP) is 0.367. The number of ketones is 1. The van der Waals surface area contributed by atoms with E-state index in [9.17, 15) is 4.79 Å². The summed E-state index contributed by atoms with van der Waals surface area (Å²) in [5.74, 6) is 0.255. The van der Waals surface area contributed by atoms with E-state index in [1.54, 1.807) is 6.92 Å². The van der Waals surface area contributed by atoms with Gasteiger partial charge in [0.05, 0.1) is 0 Å². The van der Waals surface area contributed by atoms with Crippen molar-refractivity contribution in [3.05, 3.63) is 0 Å². The number of Topliss-reactive ketones (excluding diaryl/α,β-unsaturated/α-hetero) is 1. The summed E-state index contributed by atoms with van der Waals surface area (Å²) < 4.78 is 16.8. The molecule has 0 aromatic carbocycles. The van der Waals surface area contributed by atoms with E-state index in [0.717, 1.165) is 0 Å². The lowest BCUT2D eigenvalue weighted by Gasteiger charge is -1.71. The molecule has 0 saturated heterocycles. The highest BCUT2D eigenvalue weighted by atomic mass is 28.2. The van der Waals surface area contributed by atoms with Gasteiger partial charge in [0.15, 0.2) is 0 Å². The van der Waals surface area contributed by atoms with Crippen molar-refractivity contribution in [2.24, 2.45) is 0 Å². The minimum atomic E-state index is -1.42. The lowest BCUT2D eigenvalue weighted by molar-refractivity contribution is -0.116. The van der Waals surface area contributed by atoms with E-state index in [0.29, 0.717) is 6.42 Å². The van der Waals surface area contributed by atoms with Crippen LogP contribution in [-0.4, -0.2) is 15.1 Å². The first-order valence-electron chi connectivity index (χ1n) is 2.17. The third-order valence-electron chi connectivity index (χ3n) is 0.498. The Bertz CT molecular complexity index is 93.5. The number of hydrogen-bond acceptors (Lipinski definition) is 3. The Hall–Kier alpha value is -0.513. The summed E-state index contributed by atoms with van der Waals surface area (Å²) in [7, 11) is -1.42. The van der Waals surface area contributed by atoms with Crippen molar-refractivity contribution >= 4 is 15.1 Å². The van der Waals surface area contributed by atoms with E-state index < -0.39 is 9.29 Å². The molecular formula is C4H8O3Si. The van der Waals surface area contributed by atoms with Gasteiger partial charge < -0.3 is 4.79 Å². The monoisotopic (exact) mass is 132 g/mol. The molecule has 0 aliphatic carbocycles. The van der Waals surface area contributed by atoms with Crippen LogP contribution in [-0.2, 0) is 13.7 Å². The number of rotatable bonds is 1. The molecule has 0 radical (unpaired) electrons. The predicted molar refractivity (Wildman–Crippen MR) is 28.1 cm³/mol. The van der Waals surface area contributed by atoms with Gasteiger partial charge >= 0.3 is 9.29 Å². The topological polar surface area (TPSA) is 51.2 Å². The smallest absolute Gasteiger partial charge is 0.300 e. The Morgan fingerprint density at radius 1 is 1.50 bits per heavy atom. The molecule has 0 aliphatic heterocycles. The molecule has 0 amide bonds. The summed E-state index contributed by atoms with van der Waals surface area (Å²) >= 11 is 0. The zero-order chi connectivity index (χ0) is 6.99. The van der Waals surface area contributed by atoms with Crippen molar-refractivity contribution in [1.82, 2.24) is 0 Å². The standard InChI is InChI=1S/C4H8O.O2Si/c1-3-4(2)5;1-3-2/h3H2,1-2H3;. The molecule has 0 saturated carbocycles. The van der Waals surface area contributed by atoms with Crippen molar-refractivity contribution in [2.75, 3.05) is 0 Å². The van der Waals surface area contributed by atoms with Gasteiger partial charge in [-0.3, -0.25) is 8.92 Å². The second-order valence-electron chi connectivity index (χ2n) is 1.14. The summed E-state index contributed by atoms with van der Waals surface area (Å²) in [5.41, 5.74) is 0. The first kappa shape index (κ1) is 10.5. The van der Waals surface area contributed by atoms with Gasteiger partial charge in [0.1, 0.15) is 5.78 Å². The quantitative estimate of drug-likeness (QED) is 0.484. The van der Waals surface area contributed by atoms with Crippen LogP contribution in [0.2, 0.25) is 0 Å². The van der Waals surface area contributed by atoms with Crippen LogP contribution in [0.3, 0.4) is 0 Å². The molecule has 0 aromatic heterocycles. The lowest BCUT2D eigenvalue weighted by atomic mass is 10.4. The molecule has 0 N–H and O–H groups in total. The van der Waals surface area contributed by atoms with E-state index in [4.69, 9.17) is 8.92 Å². The Labute approximate surface area is 50.0 Å². The Morgan fingerprint density at radius 3 is 1.62 bits per heavy atom. The van der Waals surface area contributed by atoms with Crippen LogP contribution < -0.4 is 0 Å². The highest BCUT2D eigenvalue weighted by Crippen LogP contribution is 1.71. The number of carbonyl (C=O) groups is 1. The lowest BCUT2D eigenvalue weighted by Crippen LogP contribution is -1.80. The van der Waals surface area contributed by atoms with E-state index in [-0.39, 0.29) is 5.78 Å². The summed E-state index contributed by atoms with van der Waals surface area (Å²) in [6.07, 6.45) is 0.667. The molecule has 3 nitrogen and oxygen atoms in total. The molecule has 4 heteroatoms. The maximum absolute atomic E-state index is 9.81. The van der Waals surface area contributed by atoms with Crippen LogP contribution in [0, 0.1) is 0 Å². The maximum atomic E-state index is 9.81. The van der Waals surface area contributed by atoms with Gasteiger partial charge in [-0.1, -0.05) is 6.92 Å². The second kappa shape index (κ2) is 9.70. The summed E-state index contributed by atoms with van der Waals surface area (Å²) in [6, 6.07) is 0. The van der Waals surface area contributed by atoms with Crippen molar-refractivity contribution < 1.29 is 13.7 Å². The first-order chi connectivity index (χ1) is 3.68. The van der Waals surface area contributed by atoms with Crippen LogP contribution >= 0.6 is 0 Å². The minimum Gasteiger partial charge on any atom is -0.300 e. The number of carbonyl (C=O) groups excluding carboxylic acids is 1. The molecule has 0 fully saturated rings. The fraction of sp³-hybridized carbons (Fsp3) is 0.750. The molecule has 0 unspecified atom stereocenters. The van der Waals surface area contributed by atoms with Crippen LogP contribution in [0.25, 0.3) is 0 Å². The average Bonchev–Trinajstić information content (AvgIpc) is 1.69. The molecule has 0 aromatic rings. The van der Waals surface area contributed by atoms with Crippen LogP contribution in [0.4, 0.5) is 0 Å². The summed E-state index contributed by atoms with van der Waals surface area (Å²) in [6.45, 7) is 3.43. The fourth-order valence-electron chi connectivity index (χ4n) is 0. The van der Waals surface area contributed by atoms with Gasteiger partial charge in [-0.05, 0) is 6.92 Å². The van der Waals surface area contributed by atoms with Crippen molar-refractivity contribution in [3.8, 4) is 0 Å². The molecule has 0 atom stereocenters. The molecule has 0 bridgehead atoms. The molecule has 46 valence electrons. The summed E-state index contributed by atoms with van der Waals surface area (Å²) in [4.78, 5) is 9.81. The first-order valence-corrected chi connectivity index (χ1v) is 2.99. The van der Waals surface area contributed by atoms with Crippen molar-refractivity contribution in [1.29, 1.82) is 0 Å². The van der Waals surface area contributed by atoms with Gasteiger partial charge in [-0.25, -0.2) is 0 Å². The molecule has 0 heterocycles. The zero-order valence-electron chi connectivity index (χ0n) is 4.93. The number of hydrogen-bond donors (Lipinski definition) is 0. The maximum Gasteiger partial charge on any atom is 0.549 e. The summed E-state index contributed by atoms with van der Waals surface area (Å²) in [5, 5.41) is 0. The van der Waals surface area contributed by atoms with Gasteiger partial charge in [-0.2, -0.15) is 0 Å². The fourth-order valence-corrected chi connectivity index (χ4v) is 0. The molecule has 8 heavy (non-hydrogen) atoms. The van der Waals surface area contributed by atoms with Crippen molar-refractivity contribution in [2.45, 2.75) is 20.3 Å². The van der Waals surface area contributed by atoms with Crippen LogP contribution in [0.1, 0.15) is 20.3 Å². The SMILES string of the molecule is CCC(C)=O.O=[Si]=O. The Kier molecular flexibility index (Phi) is 12.7.